The molecule has 5 aliphatic rings. The minimum absolute atomic E-state index is 0.0224. The maximum absolute atomic E-state index is 14.4. The maximum Gasteiger partial charge on any atom is 0.325 e. The maximum atomic E-state index is 14.4. The number of aliphatic carboxylic acids is 1. The van der Waals surface area contributed by atoms with Crippen LogP contribution in [0.25, 0.3) is 0 Å². The van der Waals surface area contributed by atoms with E-state index in [1.54, 1.807) is 6.07 Å². The summed E-state index contributed by atoms with van der Waals surface area (Å²) in [7, 11) is 0. The second kappa shape index (κ2) is 9.97. The highest BCUT2D eigenvalue weighted by Gasteiger charge is 2.67. The van der Waals surface area contributed by atoms with Gasteiger partial charge in [0.15, 0.2) is 0 Å². The molecule has 4 heterocycles. The number of ether oxygens (including phenoxy) is 1. The highest BCUT2D eigenvalue weighted by Crippen LogP contribution is 2.68. The summed E-state index contributed by atoms with van der Waals surface area (Å²) in [5, 5.41) is 13.8. The van der Waals surface area contributed by atoms with Crippen LogP contribution in [0.4, 0.5) is 19.0 Å². The first kappa shape index (κ1) is 27.2. The van der Waals surface area contributed by atoms with Gasteiger partial charge in [-0.2, -0.15) is 0 Å². The second-order valence-electron chi connectivity index (χ2n) is 13.2. The summed E-state index contributed by atoms with van der Waals surface area (Å²) in [6.07, 6.45) is 6.93. The zero-order chi connectivity index (χ0) is 28.4. The molecule has 4 atom stereocenters. The third-order valence-corrected chi connectivity index (χ3v) is 10.5. The highest BCUT2D eigenvalue weighted by atomic mass is 19.3. The number of carbonyl (C=O) groups is 1. The lowest BCUT2D eigenvalue weighted by Gasteiger charge is -2.62. The average Bonchev–Trinajstić information content (AvgIpc) is 3.26. The fourth-order valence-electron chi connectivity index (χ4n) is 9.04. The quantitative estimate of drug-likeness (QED) is 0.384. The van der Waals surface area contributed by atoms with Crippen LogP contribution in [0.15, 0.2) is 30.3 Å². The van der Waals surface area contributed by atoms with Crippen molar-refractivity contribution >= 4 is 11.8 Å². The number of anilines is 1. The predicted octanol–water partition coefficient (Wildman–Crippen LogP) is 6.25. The van der Waals surface area contributed by atoms with Gasteiger partial charge in [0.2, 0.25) is 5.92 Å². The van der Waals surface area contributed by atoms with Crippen molar-refractivity contribution < 1.29 is 27.8 Å². The molecule has 1 aromatic heterocycles. The van der Waals surface area contributed by atoms with Gasteiger partial charge in [-0.05, 0) is 98.1 Å². The van der Waals surface area contributed by atoms with E-state index >= 15 is 0 Å². The standard InChI is InChI=1S/C32H38F3N3O3/c33-21-7-9-24-25(14-21)27(29(39)40)38-16-23(15-31(38)17-30(11-10-26(24)31)18-32(34,35)19-30)41-13-2-1-5-22-8-6-20-4-3-12-36-28(20)37-22/h6-9,14,23,26-27H,1-5,10-13,15-19H2,(H,36,37)(H,39,40)/t23-,26+,27+,31?/m1/s1. The third kappa shape index (κ3) is 4.73. The van der Waals surface area contributed by atoms with Crippen LogP contribution in [0.2, 0.25) is 0 Å². The molecule has 1 aromatic carbocycles. The van der Waals surface area contributed by atoms with Gasteiger partial charge in [0, 0.05) is 49.7 Å². The number of benzene rings is 1. The smallest absolute Gasteiger partial charge is 0.325 e. The van der Waals surface area contributed by atoms with E-state index in [0.717, 1.165) is 55.7 Å². The van der Waals surface area contributed by atoms with E-state index in [1.807, 2.05) is 4.90 Å². The van der Waals surface area contributed by atoms with Crippen molar-refractivity contribution in [2.45, 2.75) is 100 Å². The van der Waals surface area contributed by atoms with Crippen LogP contribution < -0.4 is 5.32 Å². The van der Waals surface area contributed by atoms with Crippen LogP contribution >= 0.6 is 0 Å². The van der Waals surface area contributed by atoms with Gasteiger partial charge in [-0.25, -0.2) is 18.2 Å². The fourth-order valence-corrected chi connectivity index (χ4v) is 9.04. The van der Waals surface area contributed by atoms with Gasteiger partial charge in [-0.3, -0.25) is 9.69 Å². The van der Waals surface area contributed by atoms with E-state index in [0.29, 0.717) is 44.4 Å². The van der Waals surface area contributed by atoms with E-state index < -0.39 is 34.7 Å². The lowest BCUT2D eigenvalue weighted by atomic mass is 9.49. The Kier molecular flexibility index (Phi) is 6.62. The Morgan fingerprint density at radius 2 is 2.00 bits per heavy atom. The van der Waals surface area contributed by atoms with Crippen LogP contribution in [0.1, 0.15) is 92.1 Å². The number of fused-ring (bicyclic) bond motifs is 3. The number of halogens is 3. The molecule has 1 unspecified atom stereocenters. The van der Waals surface area contributed by atoms with Gasteiger partial charge < -0.3 is 15.2 Å². The van der Waals surface area contributed by atoms with Crippen molar-refractivity contribution in [3.8, 4) is 0 Å². The van der Waals surface area contributed by atoms with E-state index in [4.69, 9.17) is 9.72 Å². The zero-order valence-electron chi connectivity index (χ0n) is 23.3. The Labute approximate surface area is 238 Å². The Morgan fingerprint density at radius 1 is 1.15 bits per heavy atom. The highest BCUT2D eigenvalue weighted by molar-refractivity contribution is 5.77. The summed E-state index contributed by atoms with van der Waals surface area (Å²) in [6, 6.07) is 7.76. The number of nitrogens with one attached hydrogen (secondary N) is 1. The zero-order valence-corrected chi connectivity index (χ0v) is 23.3. The molecule has 0 amide bonds. The van der Waals surface area contributed by atoms with Gasteiger partial charge in [0.25, 0.3) is 0 Å². The molecule has 6 nitrogen and oxygen atoms in total. The van der Waals surface area contributed by atoms with Crippen molar-refractivity contribution in [3.05, 3.63) is 58.5 Å². The monoisotopic (exact) mass is 569 g/mol. The van der Waals surface area contributed by atoms with Crippen molar-refractivity contribution in [1.29, 1.82) is 0 Å². The molecule has 3 fully saturated rings. The molecule has 2 aromatic rings. The molecule has 2 spiro atoms. The molecule has 2 aliphatic carbocycles. The number of carboxylic acid groups (broad SMARTS) is 1. The number of nitrogens with zero attached hydrogens (tertiary/aromatic N) is 2. The van der Waals surface area contributed by atoms with Gasteiger partial charge in [-0.15, -0.1) is 0 Å². The van der Waals surface area contributed by atoms with Crippen LogP contribution in [0.3, 0.4) is 0 Å². The van der Waals surface area contributed by atoms with Crippen LogP contribution in [-0.4, -0.2) is 58.2 Å². The van der Waals surface area contributed by atoms with Crippen molar-refractivity contribution in [1.82, 2.24) is 9.88 Å². The third-order valence-electron chi connectivity index (χ3n) is 10.5. The number of alkyl halides is 2. The number of aryl methyl sites for hydroxylation is 2. The molecule has 0 bridgehead atoms. The first-order chi connectivity index (χ1) is 19.7. The molecule has 220 valence electrons. The summed E-state index contributed by atoms with van der Waals surface area (Å²) in [5.74, 6) is -3.14. The van der Waals surface area contributed by atoms with Crippen molar-refractivity contribution in [2.75, 3.05) is 25.0 Å². The number of pyridine rings is 1. The molecule has 9 heteroatoms. The number of hydrogen-bond acceptors (Lipinski definition) is 5. The van der Waals surface area contributed by atoms with E-state index in [-0.39, 0.29) is 24.9 Å². The first-order valence-electron chi connectivity index (χ1n) is 15.2. The van der Waals surface area contributed by atoms with E-state index in [1.165, 1.54) is 17.7 Å². The summed E-state index contributed by atoms with van der Waals surface area (Å²) < 4.78 is 49.1. The topological polar surface area (TPSA) is 74.7 Å². The molecule has 41 heavy (non-hydrogen) atoms. The van der Waals surface area contributed by atoms with Crippen LogP contribution in [0, 0.1) is 11.2 Å². The fraction of sp³-hybridized carbons (Fsp3) is 0.625. The predicted molar refractivity (Wildman–Crippen MR) is 148 cm³/mol. The number of carboxylic acids is 1. The molecule has 2 saturated carbocycles. The molecular formula is C32H38F3N3O3. The molecule has 0 radical (unpaired) electrons. The lowest BCUT2D eigenvalue weighted by Crippen LogP contribution is -2.62. The van der Waals surface area contributed by atoms with Crippen LogP contribution in [-0.2, 0) is 22.4 Å². The SMILES string of the molecule is O=C(O)[C@@H]1c2cc(F)ccc2[C@@H]2CCC3(CC(F)(F)C3)CC23C[C@@H](OCCCCc2ccc4c(n2)NCCC4)CN13. The van der Waals surface area contributed by atoms with Gasteiger partial charge >= 0.3 is 5.97 Å². The summed E-state index contributed by atoms with van der Waals surface area (Å²) >= 11 is 0. The second-order valence-corrected chi connectivity index (χ2v) is 13.2. The number of rotatable bonds is 7. The normalized spacial score (nSPS) is 30.9. The Balaban J connectivity index is 1.06. The minimum atomic E-state index is -2.65. The molecule has 2 N–H and O–H groups in total. The van der Waals surface area contributed by atoms with Gasteiger partial charge in [0.1, 0.15) is 17.7 Å². The van der Waals surface area contributed by atoms with Gasteiger partial charge in [0.05, 0.1) is 6.10 Å². The summed E-state index contributed by atoms with van der Waals surface area (Å²) in [5.41, 5.74) is 2.66. The largest absolute Gasteiger partial charge is 0.480 e. The molecule has 3 aliphatic heterocycles. The van der Waals surface area contributed by atoms with E-state index in [9.17, 15) is 23.1 Å². The van der Waals surface area contributed by atoms with Crippen molar-refractivity contribution in [2.24, 2.45) is 5.41 Å². The Morgan fingerprint density at radius 3 is 2.80 bits per heavy atom. The lowest BCUT2D eigenvalue weighted by molar-refractivity contribution is -0.197. The molecule has 1 saturated heterocycles. The van der Waals surface area contributed by atoms with E-state index in [2.05, 4.69) is 17.4 Å². The molecule has 7 rings (SSSR count). The number of aromatic nitrogens is 1. The van der Waals surface area contributed by atoms with Gasteiger partial charge in [-0.1, -0.05) is 12.1 Å². The van der Waals surface area contributed by atoms with Crippen molar-refractivity contribution in [3.63, 3.8) is 0 Å². The average molecular weight is 570 g/mol. The number of hydrogen-bond donors (Lipinski definition) is 2. The first-order valence-corrected chi connectivity index (χ1v) is 15.2. The molecular weight excluding hydrogens is 531 g/mol. The minimum Gasteiger partial charge on any atom is -0.480 e. The summed E-state index contributed by atoms with van der Waals surface area (Å²) in [6.45, 7) is 1.92. The summed E-state index contributed by atoms with van der Waals surface area (Å²) in [4.78, 5) is 19.5. The Bertz CT molecular complexity index is 1340. The number of unbranched alkanes of at least 4 members (excludes halogenated alkanes) is 1. The Hall–Kier alpha value is -2.65. The van der Waals surface area contributed by atoms with Crippen LogP contribution in [0.5, 0.6) is 0 Å².